The van der Waals surface area contributed by atoms with Gasteiger partial charge in [0.2, 0.25) is 0 Å². The summed E-state index contributed by atoms with van der Waals surface area (Å²) in [4.78, 5) is 13.2. The summed E-state index contributed by atoms with van der Waals surface area (Å²) in [5.41, 5.74) is 2.22. The van der Waals surface area contributed by atoms with Crippen molar-refractivity contribution in [2.24, 2.45) is 17.7 Å². The SMILES string of the molecule is NNC(=O)N1CCC2CCCCC2C1. The highest BCUT2D eigenvalue weighted by molar-refractivity contribution is 5.73. The maximum absolute atomic E-state index is 11.3. The predicted molar refractivity (Wildman–Crippen MR) is 54.4 cm³/mol. The molecule has 0 bridgehead atoms. The van der Waals surface area contributed by atoms with Crippen molar-refractivity contribution in [2.45, 2.75) is 32.1 Å². The number of urea groups is 1. The molecular weight excluding hydrogens is 178 g/mol. The molecule has 0 radical (unpaired) electrons. The number of piperidine rings is 1. The number of carbonyl (C=O) groups is 1. The molecule has 1 aliphatic carbocycles. The van der Waals surface area contributed by atoms with Crippen LogP contribution in [0.5, 0.6) is 0 Å². The maximum Gasteiger partial charge on any atom is 0.331 e. The lowest BCUT2D eigenvalue weighted by molar-refractivity contribution is 0.102. The van der Waals surface area contributed by atoms with Crippen LogP contribution in [0.1, 0.15) is 32.1 Å². The highest BCUT2D eigenvalue weighted by Gasteiger charge is 2.32. The number of rotatable bonds is 0. The van der Waals surface area contributed by atoms with Crippen LogP contribution in [0.4, 0.5) is 4.79 Å². The number of likely N-dealkylation sites (tertiary alicyclic amines) is 1. The van der Waals surface area contributed by atoms with E-state index in [-0.39, 0.29) is 6.03 Å². The van der Waals surface area contributed by atoms with E-state index in [1.165, 1.54) is 25.7 Å². The number of nitrogens with zero attached hydrogens (tertiary/aromatic N) is 1. The average molecular weight is 197 g/mol. The van der Waals surface area contributed by atoms with Gasteiger partial charge in [0.15, 0.2) is 0 Å². The van der Waals surface area contributed by atoms with Crippen LogP contribution in [0, 0.1) is 11.8 Å². The number of fused-ring (bicyclic) bond motifs is 1. The van der Waals surface area contributed by atoms with Gasteiger partial charge >= 0.3 is 6.03 Å². The highest BCUT2D eigenvalue weighted by Crippen LogP contribution is 2.35. The second-order valence-corrected chi connectivity index (χ2v) is 4.49. The molecule has 2 amide bonds. The number of hydrogen-bond donors (Lipinski definition) is 2. The van der Waals surface area contributed by atoms with E-state index in [4.69, 9.17) is 5.84 Å². The van der Waals surface area contributed by atoms with Gasteiger partial charge in [-0.15, -0.1) is 0 Å². The molecule has 0 aromatic rings. The van der Waals surface area contributed by atoms with Crippen molar-refractivity contribution in [2.75, 3.05) is 13.1 Å². The summed E-state index contributed by atoms with van der Waals surface area (Å²) < 4.78 is 0. The van der Waals surface area contributed by atoms with Gasteiger partial charge < -0.3 is 4.90 Å². The van der Waals surface area contributed by atoms with Crippen LogP contribution in [-0.4, -0.2) is 24.0 Å². The first kappa shape index (κ1) is 9.77. The Bertz CT molecular complexity index is 219. The molecule has 0 aromatic heterocycles. The summed E-state index contributed by atoms with van der Waals surface area (Å²) in [6.45, 7) is 1.79. The zero-order valence-corrected chi connectivity index (χ0v) is 8.54. The largest absolute Gasteiger partial charge is 0.331 e. The third kappa shape index (κ3) is 1.85. The smallest absolute Gasteiger partial charge is 0.323 e. The Morgan fingerprint density at radius 3 is 2.64 bits per heavy atom. The minimum Gasteiger partial charge on any atom is -0.323 e. The molecule has 1 heterocycles. The Kier molecular flexibility index (Phi) is 2.91. The van der Waals surface area contributed by atoms with Gasteiger partial charge in [-0.3, -0.25) is 5.43 Å². The van der Waals surface area contributed by atoms with Crippen molar-refractivity contribution in [1.82, 2.24) is 10.3 Å². The van der Waals surface area contributed by atoms with Gasteiger partial charge in [0.1, 0.15) is 0 Å². The third-order valence-corrected chi connectivity index (χ3v) is 3.70. The Balaban J connectivity index is 1.92. The van der Waals surface area contributed by atoms with E-state index in [9.17, 15) is 4.79 Å². The number of nitrogens with one attached hydrogen (secondary N) is 1. The first-order valence-corrected chi connectivity index (χ1v) is 5.57. The van der Waals surface area contributed by atoms with Crippen LogP contribution < -0.4 is 11.3 Å². The standard InChI is InChI=1S/C10H19N3O/c11-12-10(14)13-6-5-8-3-1-2-4-9(8)7-13/h8-9H,1-7,11H2,(H,12,14). The molecule has 4 heteroatoms. The zero-order valence-electron chi connectivity index (χ0n) is 8.54. The molecule has 2 rings (SSSR count). The molecule has 4 nitrogen and oxygen atoms in total. The molecule has 3 N–H and O–H groups in total. The van der Waals surface area contributed by atoms with Crippen LogP contribution in [0.15, 0.2) is 0 Å². The Hall–Kier alpha value is -0.770. The second kappa shape index (κ2) is 4.17. The number of hydrazine groups is 1. The molecule has 2 aliphatic rings. The van der Waals surface area contributed by atoms with Crippen LogP contribution in [0.3, 0.4) is 0 Å². The van der Waals surface area contributed by atoms with Gasteiger partial charge in [0.25, 0.3) is 0 Å². The van der Waals surface area contributed by atoms with Crippen molar-refractivity contribution >= 4 is 6.03 Å². The topological polar surface area (TPSA) is 58.4 Å². The van der Waals surface area contributed by atoms with Gasteiger partial charge in [-0.25, -0.2) is 10.6 Å². The molecule has 2 atom stereocenters. The van der Waals surface area contributed by atoms with Gasteiger partial charge in [-0.1, -0.05) is 19.3 Å². The summed E-state index contributed by atoms with van der Waals surface area (Å²) in [5.74, 6) is 6.73. The molecule has 14 heavy (non-hydrogen) atoms. The fraction of sp³-hybridized carbons (Fsp3) is 0.900. The molecule has 2 fully saturated rings. The molecular formula is C10H19N3O. The lowest BCUT2D eigenvalue weighted by atomic mass is 9.75. The zero-order chi connectivity index (χ0) is 9.97. The van der Waals surface area contributed by atoms with E-state index < -0.39 is 0 Å². The maximum atomic E-state index is 11.3. The predicted octanol–water partition coefficient (Wildman–Crippen LogP) is 1.08. The van der Waals surface area contributed by atoms with Crippen molar-refractivity contribution in [3.05, 3.63) is 0 Å². The molecule has 1 aliphatic heterocycles. The van der Waals surface area contributed by atoms with Gasteiger partial charge in [0.05, 0.1) is 0 Å². The van der Waals surface area contributed by atoms with Crippen molar-refractivity contribution in [3.8, 4) is 0 Å². The molecule has 80 valence electrons. The summed E-state index contributed by atoms with van der Waals surface area (Å²) >= 11 is 0. The second-order valence-electron chi connectivity index (χ2n) is 4.49. The molecule has 1 saturated carbocycles. The molecule has 0 aromatic carbocycles. The lowest BCUT2D eigenvalue weighted by Gasteiger charge is -2.40. The van der Waals surface area contributed by atoms with E-state index in [2.05, 4.69) is 5.43 Å². The fourth-order valence-corrected chi connectivity index (χ4v) is 2.88. The van der Waals surface area contributed by atoms with Crippen molar-refractivity contribution in [3.63, 3.8) is 0 Å². The Labute approximate surface area is 84.8 Å². The molecule has 2 unspecified atom stereocenters. The first-order chi connectivity index (χ1) is 6.81. The van der Waals surface area contributed by atoms with E-state index in [0.29, 0.717) is 0 Å². The van der Waals surface area contributed by atoms with Crippen LogP contribution in [0.25, 0.3) is 0 Å². The fourth-order valence-electron chi connectivity index (χ4n) is 2.88. The van der Waals surface area contributed by atoms with Gasteiger partial charge in [-0.05, 0) is 24.7 Å². The molecule has 1 saturated heterocycles. The van der Waals surface area contributed by atoms with Gasteiger partial charge in [0, 0.05) is 13.1 Å². The van der Waals surface area contributed by atoms with E-state index in [1.54, 1.807) is 0 Å². The summed E-state index contributed by atoms with van der Waals surface area (Å²) in [6, 6.07) is -0.117. The van der Waals surface area contributed by atoms with E-state index in [0.717, 1.165) is 31.3 Å². The monoisotopic (exact) mass is 197 g/mol. The molecule has 0 spiro atoms. The summed E-state index contributed by atoms with van der Waals surface area (Å²) in [6.07, 6.45) is 6.53. The van der Waals surface area contributed by atoms with Crippen molar-refractivity contribution in [1.29, 1.82) is 0 Å². The Morgan fingerprint density at radius 1 is 1.21 bits per heavy atom. The van der Waals surface area contributed by atoms with E-state index >= 15 is 0 Å². The third-order valence-electron chi connectivity index (χ3n) is 3.70. The van der Waals surface area contributed by atoms with Crippen LogP contribution in [-0.2, 0) is 0 Å². The van der Waals surface area contributed by atoms with Gasteiger partial charge in [-0.2, -0.15) is 0 Å². The summed E-state index contributed by atoms with van der Waals surface area (Å²) in [5, 5.41) is 0. The number of amides is 2. The highest BCUT2D eigenvalue weighted by atomic mass is 16.2. The Morgan fingerprint density at radius 2 is 1.93 bits per heavy atom. The number of hydrogen-bond acceptors (Lipinski definition) is 2. The quantitative estimate of drug-likeness (QED) is 0.347. The first-order valence-electron chi connectivity index (χ1n) is 5.57. The number of carbonyl (C=O) groups excluding carboxylic acids is 1. The minimum absolute atomic E-state index is 0.117. The summed E-state index contributed by atoms with van der Waals surface area (Å²) in [7, 11) is 0. The lowest BCUT2D eigenvalue weighted by Crippen LogP contribution is -2.50. The van der Waals surface area contributed by atoms with Crippen molar-refractivity contribution < 1.29 is 4.79 Å². The minimum atomic E-state index is -0.117. The average Bonchev–Trinajstić information content (AvgIpc) is 2.27. The number of nitrogens with two attached hydrogens (primary N) is 1. The van der Waals surface area contributed by atoms with Crippen LogP contribution in [0.2, 0.25) is 0 Å². The van der Waals surface area contributed by atoms with E-state index in [1.807, 2.05) is 4.90 Å². The normalized spacial score (nSPS) is 32.2. The van der Waals surface area contributed by atoms with Crippen LogP contribution >= 0.6 is 0 Å².